The van der Waals surface area contributed by atoms with E-state index in [1.54, 1.807) is 24.3 Å². The van der Waals surface area contributed by atoms with Crippen LogP contribution in [0.3, 0.4) is 0 Å². The lowest BCUT2D eigenvalue weighted by atomic mass is 10.1. The maximum atomic E-state index is 12.3. The van der Waals surface area contributed by atoms with Crippen molar-refractivity contribution in [3.05, 3.63) is 35.9 Å². The summed E-state index contributed by atoms with van der Waals surface area (Å²) in [6.45, 7) is 1.19. The number of hydrogen-bond acceptors (Lipinski definition) is 7. The fraction of sp³-hybridized carbons (Fsp3) is 0.381. The predicted octanol–water partition coefficient (Wildman–Crippen LogP) is 1.70. The van der Waals surface area contributed by atoms with Crippen molar-refractivity contribution in [3.8, 4) is 17.2 Å². The van der Waals surface area contributed by atoms with Crippen LogP contribution >= 0.6 is 0 Å². The molecule has 0 fully saturated rings. The van der Waals surface area contributed by atoms with E-state index in [0.29, 0.717) is 35.8 Å². The van der Waals surface area contributed by atoms with Crippen LogP contribution in [-0.4, -0.2) is 75.0 Å². The summed E-state index contributed by atoms with van der Waals surface area (Å²) in [7, 11) is 2.96. The number of ether oxygens (including phenoxy) is 4. The van der Waals surface area contributed by atoms with Crippen molar-refractivity contribution in [2.75, 3.05) is 47.1 Å². The number of carbonyl (C=O) groups excluding carboxylic acids is 2. The molecule has 0 atom stereocenters. The summed E-state index contributed by atoms with van der Waals surface area (Å²) in [5, 5.41) is 10.7. The van der Waals surface area contributed by atoms with E-state index >= 15 is 0 Å². The second-order valence-corrected chi connectivity index (χ2v) is 6.30. The van der Waals surface area contributed by atoms with E-state index in [1.165, 1.54) is 31.3 Å². The van der Waals surface area contributed by atoms with Gasteiger partial charge in [-0.1, -0.05) is 6.08 Å². The number of amides is 3. The molecule has 168 valence electrons. The van der Waals surface area contributed by atoms with E-state index in [-0.39, 0.29) is 32.3 Å². The summed E-state index contributed by atoms with van der Waals surface area (Å²) in [5.41, 5.74) is 0.630. The van der Waals surface area contributed by atoms with E-state index in [2.05, 4.69) is 5.32 Å². The molecule has 10 nitrogen and oxygen atoms in total. The topological polar surface area (TPSA) is 124 Å². The Morgan fingerprint density at radius 1 is 1.16 bits per heavy atom. The number of nitrogens with one attached hydrogen (secondary N) is 1. The summed E-state index contributed by atoms with van der Waals surface area (Å²) >= 11 is 0. The van der Waals surface area contributed by atoms with Gasteiger partial charge in [-0.05, 0) is 36.3 Å². The SMILES string of the molecule is COc1cc(C=CC(=O)N2CCC=CC2=O)cc(OC)c1OCCOCCNC(=O)O. The lowest BCUT2D eigenvalue weighted by Crippen LogP contribution is -2.37. The normalized spacial score (nSPS) is 13.4. The minimum atomic E-state index is -1.11. The first-order chi connectivity index (χ1) is 15.0. The quantitative estimate of drug-likeness (QED) is 0.398. The van der Waals surface area contributed by atoms with E-state index in [9.17, 15) is 14.4 Å². The lowest BCUT2D eigenvalue weighted by molar-refractivity contribution is -0.139. The van der Waals surface area contributed by atoms with Crippen LogP contribution in [0.2, 0.25) is 0 Å². The zero-order valence-corrected chi connectivity index (χ0v) is 17.5. The Kier molecular flexibility index (Phi) is 9.37. The number of rotatable bonds is 11. The van der Waals surface area contributed by atoms with Gasteiger partial charge in [0.05, 0.1) is 27.4 Å². The van der Waals surface area contributed by atoms with Crippen molar-refractivity contribution < 1.29 is 38.4 Å². The average Bonchev–Trinajstić information content (AvgIpc) is 2.76. The molecule has 1 aromatic carbocycles. The molecule has 3 amide bonds. The zero-order chi connectivity index (χ0) is 22.6. The molecule has 1 aliphatic heterocycles. The number of carbonyl (C=O) groups is 3. The Morgan fingerprint density at radius 2 is 1.87 bits per heavy atom. The number of hydrogen-bond donors (Lipinski definition) is 2. The minimum absolute atomic E-state index is 0.182. The molecule has 0 spiro atoms. The van der Waals surface area contributed by atoms with Crippen LogP contribution in [0.5, 0.6) is 17.2 Å². The molecule has 0 bridgehead atoms. The van der Waals surface area contributed by atoms with Gasteiger partial charge in [-0.2, -0.15) is 0 Å². The molecule has 1 heterocycles. The van der Waals surface area contributed by atoms with Crippen molar-refractivity contribution >= 4 is 24.0 Å². The molecule has 31 heavy (non-hydrogen) atoms. The summed E-state index contributed by atoms with van der Waals surface area (Å²) in [6, 6.07) is 3.36. The van der Waals surface area contributed by atoms with Gasteiger partial charge < -0.3 is 29.4 Å². The Bertz CT molecular complexity index is 825. The van der Waals surface area contributed by atoms with Crippen molar-refractivity contribution in [3.63, 3.8) is 0 Å². The first-order valence-electron chi connectivity index (χ1n) is 9.59. The van der Waals surface area contributed by atoms with Gasteiger partial charge in [0.15, 0.2) is 11.5 Å². The summed E-state index contributed by atoms with van der Waals surface area (Å²) in [5.74, 6) is 0.437. The number of nitrogens with zero attached hydrogens (tertiary/aromatic N) is 1. The molecule has 2 rings (SSSR count). The number of carboxylic acid groups (broad SMARTS) is 1. The van der Waals surface area contributed by atoms with Crippen LogP contribution < -0.4 is 19.5 Å². The molecule has 0 unspecified atom stereocenters. The third kappa shape index (κ3) is 7.34. The van der Waals surface area contributed by atoms with E-state index in [0.717, 1.165) is 0 Å². The van der Waals surface area contributed by atoms with Gasteiger partial charge in [-0.3, -0.25) is 14.5 Å². The third-order valence-corrected chi connectivity index (χ3v) is 4.21. The summed E-state index contributed by atoms with van der Waals surface area (Å²) < 4.78 is 21.7. The Balaban J connectivity index is 1.99. The molecule has 10 heteroatoms. The van der Waals surface area contributed by atoms with Crippen LogP contribution in [0.1, 0.15) is 12.0 Å². The van der Waals surface area contributed by atoms with E-state index in [4.69, 9.17) is 24.1 Å². The van der Waals surface area contributed by atoms with Gasteiger partial charge in [0.1, 0.15) is 6.61 Å². The highest BCUT2D eigenvalue weighted by atomic mass is 16.6. The van der Waals surface area contributed by atoms with Crippen LogP contribution in [0, 0.1) is 0 Å². The molecule has 1 aliphatic rings. The molecule has 0 saturated carbocycles. The first kappa shape index (κ1) is 23.7. The van der Waals surface area contributed by atoms with E-state index < -0.39 is 12.0 Å². The molecule has 0 radical (unpaired) electrons. The summed E-state index contributed by atoms with van der Waals surface area (Å²) in [6.07, 6.45) is 5.55. The van der Waals surface area contributed by atoms with Gasteiger partial charge in [0, 0.05) is 19.2 Å². The Labute approximate surface area is 180 Å². The second kappa shape index (κ2) is 12.2. The van der Waals surface area contributed by atoms with Crippen molar-refractivity contribution in [2.24, 2.45) is 0 Å². The zero-order valence-electron chi connectivity index (χ0n) is 17.5. The standard InChI is InChI=1S/C21H26N2O8/c1-28-16-13-15(6-7-19(25)23-9-4-3-5-18(23)24)14-17(29-2)20(16)31-12-11-30-10-8-22-21(26)27/h3,5-7,13-14,22H,4,8-12H2,1-2H3,(H,26,27). The smallest absolute Gasteiger partial charge is 0.404 e. The van der Waals surface area contributed by atoms with Crippen molar-refractivity contribution in [1.82, 2.24) is 10.2 Å². The van der Waals surface area contributed by atoms with Gasteiger partial charge in [-0.25, -0.2) is 4.79 Å². The van der Waals surface area contributed by atoms with Gasteiger partial charge in [0.25, 0.3) is 11.8 Å². The first-order valence-corrected chi connectivity index (χ1v) is 9.59. The van der Waals surface area contributed by atoms with Crippen LogP contribution in [0.15, 0.2) is 30.4 Å². The van der Waals surface area contributed by atoms with Gasteiger partial charge >= 0.3 is 6.09 Å². The van der Waals surface area contributed by atoms with Crippen LogP contribution in [0.4, 0.5) is 4.79 Å². The average molecular weight is 434 g/mol. The second-order valence-electron chi connectivity index (χ2n) is 6.30. The van der Waals surface area contributed by atoms with Crippen LogP contribution in [0.25, 0.3) is 6.08 Å². The molecular weight excluding hydrogens is 408 g/mol. The molecule has 0 aliphatic carbocycles. The summed E-state index contributed by atoms with van der Waals surface area (Å²) in [4.78, 5) is 35.6. The number of benzene rings is 1. The Morgan fingerprint density at radius 3 is 2.48 bits per heavy atom. The van der Waals surface area contributed by atoms with Gasteiger partial charge in [0.2, 0.25) is 5.75 Å². The monoisotopic (exact) mass is 434 g/mol. The molecular formula is C21H26N2O8. The van der Waals surface area contributed by atoms with Crippen molar-refractivity contribution in [1.29, 1.82) is 0 Å². The van der Waals surface area contributed by atoms with Gasteiger partial charge in [-0.15, -0.1) is 0 Å². The third-order valence-electron chi connectivity index (χ3n) is 4.21. The molecule has 0 saturated heterocycles. The molecule has 1 aromatic rings. The number of imide groups is 1. The lowest BCUT2D eigenvalue weighted by Gasteiger charge is -2.19. The number of methoxy groups -OCH3 is 2. The fourth-order valence-electron chi connectivity index (χ4n) is 2.74. The van der Waals surface area contributed by atoms with E-state index in [1.807, 2.05) is 0 Å². The highest BCUT2D eigenvalue weighted by Crippen LogP contribution is 2.38. The molecule has 0 aromatic heterocycles. The minimum Gasteiger partial charge on any atom is -0.493 e. The maximum absolute atomic E-state index is 12.3. The highest BCUT2D eigenvalue weighted by molar-refractivity contribution is 6.06. The fourth-order valence-corrected chi connectivity index (χ4v) is 2.74. The highest BCUT2D eigenvalue weighted by Gasteiger charge is 2.19. The maximum Gasteiger partial charge on any atom is 0.404 e. The van der Waals surface area contributed by atoms with Crippen molar-refractivity contribution in [2.45, 2.75) is 6.42 Å². The Hall–Kier alpha value is -3.53. The predicted molar refractivity (Wildman–Crippen MR) is 111 cm³/mol. The van der Waals surface area contributed by atoms with Crippen LogP contribution in [-0.2, 0) is 14.3 Å². The largest absolute Gasteiger partial charge is 0.493 e. The molecule has 2 N–H and O–H groups in total.